The smallest absolute Gasteiger partial charge is 0.227 e. The van der Waals surface area contributed by atoms with Crippen LogP contribution in [-0.4, -0.2) is 5.11 Å². The predicted molar refractivity (Wildman–Crippen MR) is 132 cm³/mol. The maximum atomic E-state index is 13.8. The molecule has 1 aliphatic rings. The largest absolute Gasteiger partial charge is 0.362 e. The molecular formula is C27H20ClFN3OS+. The molecule has 0 spiro atoms. The Hall–Kier alpha value is -3.37. The van der Waals surface area contributed by atoms with Crippen LogP contribution in [0.15, 0.2) is 102 Å². The number of hydrogen-bond donors (Lipinski definition) is 3. The Bertz CT molecular complexity index is 1450. The highest BCUT2D eigenvalue weighted by Gasteiger charge is 2.55. The van der Waals surface area contributed by atoms with Gasteiger partial charge in [0.15, 0.2) is 6.20 Å². The van der Waals surface area contributed by atoms with Gasteiger partial charge in [-0.1, -0.05) is 54.1 Å². The van der Waals surface area contributed by atoms with E-state index in [1.54, 1.807) is 18.2 Å². The van der Waals surface area contributed by atoms with Crippen molar-refractivity contribution in [2.45, 2.75) is 17.7 Å². The zero-order chi connectivity index (χ0) is 23.9. The van der Waals surface area contributed by atoms with Crippen LogP contribution < -0.4 is 9.88 Å². The number of hydrogen-bond acceptors (Lipinski definition) is 4. The van der Waals surface area contributed by atoms with Crippen molar-refractivity contribution in [3.63, 3.8) is 0 Å². The molecule has 0 bridgehead atoms. The van der Waals surface area contributed by atoms with Gasteiger partial charge in [0, 0.05) is 28.1 Å². The minimum atomic E-state index is -1.64. The van der Waals surface area contributed by atoms with Gasteiger partial charge < -0.3 is 10.4 Å². The molecule has 2 heterocycles. The average molecular weight is 489 g/mol. The van der Waals surface area contributed by atoms with Crippen LogP contribution in [0.5, 0.6) is 0 Å². The van der Waals surface area contributed by atoms with E-state index in [4.69, 9.17) is 11.6 Å². The third kappa shape index (κ3) is 3.72. The van der Waals surface area contributed by atoms with Gasteiger partial charge in [0.2, 0.25) is 17.3 Å². The molecular weight excluding hydrogens is 469 g/mol. The highest BCUT2D eigenvalue weighted by molar-refractivity contribution is 7.84. The Labute approximate surface area is 207 Å². The van der Waals surface area contributed by atoms with Gasteiger partial charge in [0.05, 0.1) is 22.6 Å². The number of rotatable bonds is 3. The molecule has 0 radical (unpaired) electrons. The van der Waals surface area contributed by atoms with Crippen molar-refractivity contribution >= 4 is 35.1 Å². The number of aromatic nitrogens is 1. The molecule has 3 aromatic carbocycles. The van der Waals surface area contributed by atoms with Crippen LogP contribution in [0.1, 0.15) is 23.1 Å². The Kier molecular flexibility index (Phi) is 5.78. The van der Waals surface area contributed by atoms with Crippen molar-refractivity contribution in [1.82, 2.24) is 5.32 Å². The highest BCUT2D eigenvalue weighted by Crippen LogP contribution is 2.47. The van der Waals surface area contributed by atoms with Crippen LogP contribution in [0, 0.1) is 17.1 Å². The summed E-state index contributed by atoms with van der Waals surface area (Å²) in [5.74, 6) is -1.01. The monoisotopic (exact) mass is 488 g/mol. The van der Waals surface area contributed by atoms with Gasteiger partial charge in [-0.3, -0.25) is 0 Å². The first kappa shape index (κ1) is 22.4. The molecule has 7 heteroatoms. The molecule has 168 valence electrons. The second kappa shape index (κ2) is 8.77. The van der Waals surface area contributed by atoms with Crippen LogP contribution in [-0.2, 0) is 5.72 Å². The van der Waals surface area contributed by atoms with E-state index >= 15 is 0 Å². The summed E-state index contributed by atoms with van der Waals surface area (Å²) in [6, 6.07) is 26.1. The van der Waals surface area contributed by atoms with Gasteiger partial charge in [-0.25, -0.2) is 4.39 Å². The first-order valence-electron chi connectivity index (χ1n) is 10.7. The predicted octanol–water partition coefficient (Wildman–Crippen LogP) is 5.36. The fraction of sp³-hybridized carbons (Fsp3) is 0.111. The first-order valence-corrected chi connectivity index (χ1v) is 11.5. The number of thiol groups is 1. The summed E-state index contributed by atoms with van der Waals surface area (Å²) in [5.41, 5.74) is 0.813. The average Bonchev–Trinajstić information content (AvgIpc) is 2.84. The number of halogens is 2. The van der Waals surface area contributed by atoms with Gasteiger partial charge in [-0.05, 0) is 35.9 Å². The molecule has 0 saturated heterocycles. The third-order valence-electron chi connectivity index (χ3n) is 6.27. The van der Waals surface area contributed by atoms with E-state index in [0.29, 0.717) is 21.7 Å². The van der Waals surface area contributed by atoms with Gasteiger partial charge >= 0.3 is 0 Å². The Morgan fingerprint density at radius 3 is 2.47 bits per heavy atom. The second-order valence-corrected chi connectivity index (χ2v) is 9.11. The first-order chi connectivity index (χ1) is 16.4. The lowest BCUT2D eigenvalue weighted by Crippen LogP contribution is -2.62. The van der Waals surface area contributed by atoms with E-state index in [1.807, 2.05) is 65.4 Å². The van der Waals surface area contributed by atoms with E-state index in [1.165, 1.54) is 12.1 Å². The van der Waals surface area contributed by atoms with Crippen LogP contribution in [0.3, 0.4) is 0 Å². The summed E-state index contributed by atoms with van der Waals surface area (Å²) in [5, 5.41) is 27.3. The molecule has 3 atom stereocenters. The molecule has 0 saturated carbocycles. The van der Waals surface area contributed by atoms with Crippen molar-refractivity contribution in [3.05, 3.63) is 124 Å². The lowest BCUT2D eigenvalue weighted by atomic mass is 9.75. The van der Waals surface area contributed by atoms with Gasteiger partial charge in [-0.15, -0.1) is 12.6 Å². The second-order valence-electron chi connectivity index (χ2n) is 8.22. The minimum absolute atomic E-state index is 0.267. The maximum absolute atomic E-state index is 13.8. The summed E-state index contributed by atoms with van der Waals surface area (Å²) in [6.45, 7) is 0. The van der Waals surface area contributed by atoms with Crippen molar-refractivity contribution in [1.29, 1.82) is 5.26 Å². The summed E-state index contributed by atoms with van der Waals surface area (Å²) in [6.07, 6.45) is 1.87. The molecule has 0 aliphatic carbocycles. The number of fused-ring (bicyclic) bond motifs is 1. The van der Waals surface area contributed by atoms with Crippen LogP contribution in [0.2, 0.25) is 5.02 Å². The Morgan fingerprint density at radius 1 is 1.03 bits per heavy atom. The van der Waals surface area contributed by atoms with Crippen molar-refractivity contribution < 1.29 is 14.1 Å². The standard InChI is InChI=1S/C27H19ClFN3OS/c28-20-10-13-23-18(15-20)5-4-14-32(23)25-24(17-8-11-21(29)12-9-17)22(16-30)26(34)31-27(25,33)19-6-2-1-3-7-19/h1-15,24-25,31,33H/p+1. The lowest BCUT2D eigenvalue weighted by molar-refractivity contribution is -0.720. The number of nitrogens with one attached hydrogen (secondary N) is 1. The number of pyridine rings is 1. The minimum Gasteiger partial charge on any atom is -0.362 e. The van der Waals surface area contributed by atoms with Crippen molar-refractivity contribution in [3.8, 4) is 6.07 Å². The van der Waals surface area contributed by atoms with Crippen molar-refractivity contribution in [2.24, 2.45) is 0 Å². The zero-order valence-electron chi connectivity index (χ0n) is 17.9. The van der Waals surface area contributed by atoms with E-state index in [-0.39, 0.29) is 10.8 Å². The van der Waals surface area contributed by atoms with Gasteiger partial charge in [-0.2, -0.15) is 9.83 Å². The topological polar surface area (TPSA) is 59.9 Å². The molecule has 3 unspecified atom stereocenters. The summed E-state index contributed by atoms with van der Waals surface area (Å²) in [7, 11) is 0. The van der Waals surface area contributed by atoms with E-state index < -0.39 is 17.7 Å². The number of allylic oxidation sites excluding steroid dienone is 1. The SMILES string of the molecule is N#CC1=C(S)NC(O)(c2ccccc2)C([n+]2cccc3cc(Cl)ccc32)C1c1ccc(F)cc1. The molecule has 0 fully saturated rings. The van der Waals surface area contributed by atoms with Gasteiger partial charge in [0.25, 0.3) is 0 Å². The van der Waals surface area contributed by atoms with E-state index in [9.17, 15) is 14.8 Å². The van der Waals surface area contributed by atoms with Crippen LogP contribution >= 0.6 is 24.2 Å². The van der Waals surface area contributed by atoms with Crippen LogP contribution in [0.25, 0.3) is 10.9 Å². The summed E-state index contributed by atoms with van der Waals surface area (Å²) in [4.78, 5) is 0. The fourth-order valence-corrected chi connectivity index (χ4v) is 5.30. The van der Waals surface area contributed by atoms with Crippen LogP contribution in [0.4, 0.5) is 4.39 Å². The molecule has 1 aromatic heterocycles. The fourth-order valence-electron chi connectivity index (χ4n) is 4.76. The molecule has 34 heavy (non-hydrogen) atoms. The van der Waals surface area contributed by atoms with E-state index in [0.717, 1.165) is 10.9 Å². The Balaban J connectivity index is 1.86. The molecule has 0 amide bonds. The maximum Gasteiger partial charge on any atom is 0.227 e. The third-order valence-corrected chi connectivity index (χ3v) is 6.86. The quantitative estimate of drug-likeness (QED) is 0.269. The summed E-state index contributed by atoms with van der Waals surface area (Å²) < 4.78 is 15.8. The number of nitriles is 1. The normalized spacial score (nSPS) is 22.3. The lowest BCUT2D eigenvalue weighted by Gasteiger charge is -2.42. The number of nitrogens with zero attached hydrogens (tertiary/aromatic N) is 2. The number of aliphatic hydroxyl groups is 1. The number of benzene rings is 3. The molecule has 4 aromatic rings. The molecule has 2 N–H and O–H groups in total. The van der Waals surface area contributed by atoms with Gasteiger partial charge in [0.1, 0.15) is 5.82 Å². The van der Waals surface area contributed by atoms with E-state index in [2.05, 4.69) is 24.0 Å². The summed E-state index contributed by atoms with van der Waals surface area (Å²) >= 11 is 10.8. The molecule has 5 rings (SSSR count). The Morgan fingerprint density at radius 2 is 1.76 bits per heavy atom. The van der Waals surface area contributed by atoms with Crippen molar-refractivity contribution in [2.75, 3.05) is 0 Å². The molecule has 4 nitrogen and oxygen atoms in total. The highest BCUT2D eigenvalue weighted by atomic mass is 35.5. The zero-order valence-corrected chi connectivity index (χ0v) is 19.5. The molecule has 1 aliphatic heterocycles.